The highest BCUT2D eigenvalue weighted by molar-refractivity contribution is 6.30. The van der Waals surface area contributed by atoms with Crippen LogP contribution in [0.5, 0.6) is 0 Å². The monoisotopic (exact) mass is 261 g/mol. The molecule has 0 bridgehead atoms. The fourth-order valence-electron chi connectivity index (χ4n) is 2.64. The summed E-state index contributed by atoms with van der Waals surface area (Å²) in [6.45, 7) is 2.07. The molecule has 1 heterocycles. The first-order valence-corrected chi connectivity index (χ1v) is 6.67. The maximum Gasteiger partial charge on any atom is 0.149 e. The standard InChI is InChI=1S/C14H16ClN3/c1-9-6-7-10(15)8-13(9)18-12-5-3-2-4-11(12)14(16)17-18/h6-8H,2-5H2,1H3,(H2,16,17). The Balaban J connectivity index is 2.20. The zero-order chi connectivity index (χ0) is 12.7. The SMILES string of the molecule is Cc1ccc(Cl)cc1-n1nc(N)c2c1CCCC2. The highest BCUT2D eigenvalue weighted by Gasteiger charge is 2.20. The zero-order valence-electron chi connectivity index (χ0n) is 10.4. The second-order valence-corrected chi connectivity index (χ2v) is 5.30. The minimum Gasteiger partial charge on any atom is -0.382 e. The smallest absolute Gasteiger partial charge is 0.149 e. The number of halogens is 1. The molecule has 0 saturated carbocycles. The molecule has 18 heavy (non-hydrogen) atoms. The number of fused-ring (bicyclic) bond motifs is 1. The van der Waals surface area contributed by atoms with Crippen LogP contribution < -0.4 is 5.73 Å². The van der Waals surface area contributed by atoms with Gasteiger partial charge in [-0.3, -0.25) is 0 Å². The summed E-state index contributed by atoms with van der Waals surface area (Å²) in [4.78, 5) is 0. The Hall–Kier alpha value is -1.48. The molecule has 1 aliphatic carbocycles. The first-order valence-electron chi connectivity index (χ1n) is 6.29. The zero-order valence-corrected chi connectivity index (χ0v) is 11.2. The van der Waals surface area contributed by atoms with Gasteiger partial charge in [-0.2, -0.15) is 5.10 Å². The molecule has 0 radical (unpaired) electrons. The maximum absolute atomic E-state index is 6.08. The molecule has 3 rings (SSSR count). The van der Waals surface area contributed by atoms with Crippen LogP contribution in [0.15, 0.2) is 18.2 Å². The van der Waals surface area contributed by atoms with Crippen LogP contribution in [-0.4, -0.2) is 9.78 Å². The summed E-state index contributed by atoms with van der Waals surface area (Å²) in [5, 5.41) is 5.23. The van der Waals surface area contributed by atoms with Gasteiger partial charge in [0.15, 0.2) is 0 Å². The summed E-state index contributed by atoms with van der Waals surface area (Å²) >= 11 is 6.08. The van der Waals surface area contributed by atoms with E-state index < -0.39 is 0 Å². The van der Waals surface area contributed by atoms with Crippen LogP contribution in [0.25, 0.3) is 5.69 Å². The van der Waals surface area contributed by atoms with Gasteiger partial charge in [-0.15, -0.1) is 0 Å². The summed E-state index contributed by atoms with van der Waals surface area (Å²) in [5.74, 6) is 0.670. The summed E-state index contributed by atoms with van der Waals surface area (Å²) in [7, 11) is 0. The third-order valence-corrected chi connectivity index (χ3v) is 3.85. The molecular formula is C14H16ClN3. The number of aryl methyl sites for hydroxylation is 1. The highest BCUT2D eigenvalue weighted by Crippen LogP contribution is 2.30. The van der Waals surface area contributed by atoms with E-state index in [1.807, 2.05) is 22.9 Å². The van der Waals surface area contributed by atoms with E-state index in [1.54, 1.807) is 0 Å². The second-order valence-electron chi connectivity index (χ2n) is 4.86. The van der Waals surface area contributed by atoms with Crippen LogP contribution in [0.1, 0.15) is 29.7 Å². The molecule has 1 aromatic heterocycles. The lowest BCUT2D eigenvalue weighted by molar-refractivity contribution is 0.652. The lowest BCUT2D eigenvalue weighted by Crippen LogP contribution is -2.08. The minimum atomic E-state index is 0.670. The van der Waals surface area contributed by atoms with Gasteiger partial charge in [-0.05, 0) is 50.3 Å². The van der Waals surface area contributed by atoms with E-state index in [2.05, 4.69) is 12.0 Å². The third-order valence-electron chi connectivity index (χ3n) is 3.61. The number of anilines is 1. The molecule has 3 nitrogen and oxygen atoms in total. The molecule has 1 aromatic carbocycles. The number of rotatable bonds is 1. The first kappa shape index (κ1) is 11.6. The van der Waals surface area contributed by atoms with Crippen LogP contribution in [-0.2, 0) is 12.8 Å². The molecule has 0 spiro atoms. The predicted octanol–water partition coefficient (Wildman–Crippen LogP) is 3.30. The Labute approximate surface area is 112 Å². The maximum atomic E-state index is 6.08. The number of nitrogens with zero attached hydrogens (tertiary/aromatic N) is 2. The number of nitrogens with two attached hydrogens (primary N) is 1. The van der Waals surface area contributed by atoms with Crippen molar-refractivity contribution in [3.05, 3.63) is 40.0 Å². The Bertz CT molecular complexity index is 601. The normalized spacial score (nSPS) is 14.6. The van der Waals surface area contributed by atoms with Crippen LogP contribution in [0, 0.1) is 6.92 Å². The summed E-state index contributed by atoms with van der Waals surface area (Å²) in [6.07, 6.45) is 4.50. The molecule has 0 fully saturated rings. The Kier molecular flexibility index (Phi) is 2.78. The van der Waals surface area contributed by atoms with Gasteiger partial charge in [0, 0.05) is 16.3 Å². The fraction of sp³-hybridized carbons (Fsp3) is 0.357. The summed E-state index contributed by atoms with van der Waals surface area (Å²) in [6, 6.07) is 5.88. The predicted molar refractivity (Wildman–Crippen MR) is 74.4 cm³/mol. The molecular weight excluding hydrogens is 246 g/mol. The topological polar surface area (TPSA) is 43.8 Å². The lowest BCUT2D eigenvalue weighted by Gasteiger charge is -2.15. The van der Waals surface area contributed by atoms with Gasteiger partial charge in [0.05, 0.1) is 5.69 Å². The van der Waals surface area contributed by atoms with E-state index in [0.717, 1.165) is 29.1 Å². The van der Waals surface area contributed by atoms with Gasteiger partial charge in [0.25, 0.3) is 0 Å². The number of hydrogen-bond donors (Lipinski definition) is 1. The van der Waals surface area contributed by atoms with Gasteiger partial charge < -0.3 is 5.73 Å². The quantitative estimate of drug-likeness (QED) is 0.856. The molecule has 1 aliphatic rings. The molecule has 2 N–H and O–H groups in total. The van der Waals surface area contributed by atoms with Crippen molar-refractivity contribution in [2.75, 3.05) is 5.73 Å². The molecule has 94 valence electrons. The summed E-state index contributed by atoms with van der Waals surface area (Å²) in [5.41, 5.74) is 10.7. The molecule has 0 aliphatic heterocycles. The largest absolute Gasteiger partial charge is 0.382 e. The third kappa shape index (κ3) is 1.79. The van der Waals surface area contributed by atoms with Gasteiger partial charge in [-0.25, -0.2) is 4.68 Å². The number of hydrogen-bond acceptors (Lipinski definition) is 2. The number of benzene rings is 1. The Morgan fingerprint density at radius 3 is 2.89 bits per heavy atom. The number of nitrogen functional groups attached to an aromatic ring is 1. The first-order chi connectivity index (χ1) is 8.66. The van der Waals surface area contributed by atoms with Crippen molar-refractivity contribution < 1.29 is 0 Å². The molecule has 0 amide bonds. The molecule has 0 unspecified atom stereocenters. The Morgan fingerprint density at radius 2 is 2.06 bits per heavy atom. The average Bonchev–Trinajstić information content (AvgIpc) is 2.71. The molecule has 2 aromatic rings. The van der Waals surface area contributed by atoms with Crippen LogP contribution in [0.4, 0.5) is 5.82 Å². The minimum absolute atomic E-state index is 0.670. The van der Waals surface area contributed by atoms with Crippen molar-refractivity contribution in [3.63, 3.8) is 0 Å². The summed E-state index contributed by atoms with van der Waals surface area (Å²) < 4.78 is 1.98. The van der Waals surface area contributed by atoms with Crippen LogP contribution in [0.2, 0.25) is 5.02 Å². The van der Waals surface area contributed by atoms with Gasteiger partial charge in [0.1, 0.15) is 5.82 Å². The van der Waals surface area contributed by atoms with E-state index in [9.17, 15) is 0 Å². The van der Waals surface area contributed by atoms with E-state index in [-0.39, 0.29) is 0 Å². The van der Waals surface area contributed by atoms with E-state index in [4.69, 9.17) is 17.3 Å². The molecule has 0 saturated heterocycles. The highest BCUT2D eigenvalue weighted by atomic mass is 35.5. The van der Waals surface area contributed by atoms with E-state index >= 15 is 0 Å². The van der Waals surface area contributed by atoms with Crippen molar-refractivity contribution in [1.82, 2.24) is 9.78 Å². The number of aromatic nitrogens is 2. The Morgan fingerprint density at radius 1 is 1.28 bits per heavy atom. The van der Waals surface area contributed by atoms with Crippen molar-refractivity contribution >= 4 is 17.4 Å². The average molecular weight is 262 g/mol. The van der Waals surface area contributed by atoms with Gasteiger partial charge in [-0.1, -0.05) is 17.7 Å². The molecule has 4 heteroatoms. The van der Waals surface area contributed by atoms with Crippen molar-refractivity contribution in [2.24, 2.45) is 0 Å². The molecule has 0 atom stereocenters. The van der Waals surface area contributed by atoms with Gasteiger partial charge in [0.2, 0.25) is 0 Å². The van der Waals surface area contributed by atoms with Crippen molar-refractivity contribution in [2.45, 2.75) is 32.6 Å². The van der Waals surface area contributed by atoms with E-state index in [0.29, 0.717) is 5.82 Å². The fourth-order valence-corrected chi connectivity index (χ4v) is 2.80. The van der Waals surface area contributed by atoms with Crippen molar-refractivity contribution in [3.8, 4) is 5.69 Å². The second kappa shape index (κ2) is 4.32. The lowest BCUT2D eigenvalue weighted by atomic mass is 9.97. The van der Waals surface area contributed by atoms with Gasteiger partial charge >= 0.3 is 0 Å². The van der Waals surface area contributed by atoms with Crippen molar-refractivity contribution in [1.29, 1.82) is 0 Å². The van der Waals surface area contributed by atoms with Crippen LogP contribution in [0.3, 0.4) is 0 Å². The van der Waals surface area contributed by atoms with E-state index in [1.165, 1.54) is 24.1 Å². The van der Waals surface area contributed by atoms with Crippen LogP contribution >= 0.6 is 11.6 Å².